The SMILES string of the molecule is CCCCCNC(=O)C1CCCCN1S(=O)(=O)c1ccc(Br)cc1. The van der Waals surface area contributed by atoms with E-state index < -0.39 is 16.1 Å². The van der Waals surface area contributed by atoms with E-state index in [0.717, 1.165) is 36.6 Å². The van der Waals surface area contributed by atoms with Crippen LogP contribution in [-0.4, -0.2) is 37.8 Å². The number of nitrogens with zero attached hydrogens (tertiary/aromatic N) is 1. The van der Waals surface area contributed by atoms with Gasteiger partial charge >= 0.3 is 0 Å². The van der Waals surface area contributed by atoms with Crippen LogP contribution in [0.15, 0.2) is 33.6 Å². The van der Waals surface area contributed by atoms with E-state index in [0.29, 0.717) is 19.5 Å². The number of benzene rings is 1. The van der Waals surface area contributed by atoms with Crippen LogP contribution >= 0.6 is 15.9 Å². The van der Waals surface area contributed by atoms with Gasteiger partial charge in [0.1, 0.15) is 6.04 Å². The van der Waals surface area contributed by atoms with Crippen LogP contribution < -0.4 is 5.32 Å². The van der Waals surface area contributed by atoms with Crippen LogP contribution in [0.2, 0.25) is 0 Å². The molecule has 0 radical (unpaired) electrons. The molecule has 1 fully saturated rings. The number of sulfonamides is 1. The third-order valence-corrected chi connectivity index (χ3v) is 6.71. The minimum atomic E-state index is -3.66. The van der Waals surface area contributed by atoms with Gasteiger partial charge in [0.2, 0.25) is 15.9 Å². The second-order valence-corrected chi connectivity index (χ2v) is 8.89. The fraction of sp³-hybridized carbons (Fsp3) is 0.588. The minimum absolute atomic E-state index is 0.175. The quantitative estimate of drug-likeness (QED) is 0.693. The van der Waals surface area contributed by atoms with Gasteiger partial charge < -0.3 is 5.32 Å². The highest BCUT2D eigenvalue weighted by Crippen LogP contribution is 2.26. The normalized spacial score (nSPS) is 19.2. The zero-order valence-electron chi connectivity index (χ0n) is 14.0. The van der Waals surface area contributed by atoms with Crippen LogP contribution in [0.4, 0.5) is 0 Å². The lowest BCUT2D eigenvalue weighted by atomic mass is 10.0. The molecular weight excluding hydrogens is 392 g/mol. The Morgan fingerprint density at radius 3 is 2.62 bits per heavy atom. The molecule has 1 atom stereocenters. The standard InChI is InChI=1S/C17H25BrN2O3S/c1-2-3-5-12-19-17(21)16-7-4-6-13-20(16)24(22,23)15-10-8-14(18)9-11-15/h8-11,16H,2-7,12-13H2,1H3,(H,19,21). The molecule has 1 heterocycles. The van der Waals surface area contributed by atoms with Gasteiger partial charge in [-0.25, -0.2) is 8.42 Å². The summed E-state index contributed by atoms with van der Waals surface area (Å²) in [6.45, 7) is 3.11. The van der Waals surface area contributed by atoms with E-state index in [2.05, 4.69) is 28.2 Å². The highest BCUT2D eigenvalue weighted by molar-refractivity contribution is 9.10. The fourth-order valence-electron chi connectivity index (χ4n) is 2.90. The maximum atomic E-state index is 12.9. The van der Waals surface area contributed by atoms with Crippen LogP contribution in [0.5, 0.6) is 0 Å². The zero-order valence-corrected chi connectivity index (χ0v) is 16.4. The molecule has 24 heavy (non-hydrogen) atoms. The number of hydrogen-bond donors (Lipinski definition) is 1. The molecule has 1 aliphatic rings. The molecule has 5 nitrogen and oxygen atoms in total. The predicted molar refractivity (Wildman–Crippen MR) is 98.2 cm³/mol. The molecule has 0 bridgehead atoms. The first-order chi connectivity index (χ1) is 11.5. The number of carbonyl (C=O) groups excluding carboxylic acids is 1. The van der Waals surface area contributed by atoms with E-state index in [4.69, 9.17) is 0 Å². The molecule has 0 aromatic heterocycles. The number of rotatable bonds is 7. The molecule has 2 rings (SSSR count). The summed E-state index contributed by atoms with van der Waals surface area (Å²) in [5.74, 6) is -0.175. The molecule has 1 aromatic rings. The molecule has 1 saturated heterocycles. The van der Waals surface area contributed by atoms with Gasteiger partial charge in [-0.1, -0.05) is 42.1 Å². The molecule has 7 heteroatoms. The highest BCUT2D eigenvalue weighted by atomic mass is 79.9. The molecule has 0 saturated carbocycles. The van der Waals surface area contributed by atoms with Crippen LogP contribution in [0.25, 0.3) is 0 Å². The Hall–Kier alpha value is -0.920. The van der Waals surface area contributed by atoms with Crippen LogP contribution in [0.3, 0.4) is 0 Å². The number of hydrogen-bond acceptors (Lipinski definition) is 3. The molecular formula is C17H25BrN2O3S. The first-order valence-electron chi connectivity index (χ1n) is 8.52. The van der Waals surface area contributed by atoms with Crippen LogP contribution in [0, 0.1) is 0 Å². The Bertz CT molecular complexity index is 646. The monoisotopic (exact) mass is 416 g/mol. The molecule has 1 unspecified atom stereocenters. The van der Waals surface area contributed by atoms with Gasteiger partial charge in [0.25, 0.3) is 0 Å². The van der Waals surface area contributed by atoms with Crippen molar-refractivity contribution in [2.24, 2.45) is 0 Å². The Kier molecular flexibility index (Phi) is 7.25. The summed E-state index contributed by atoms with van der Waals surface area (Å²) < 4.78 is 28.0. The van der Waals surface area contributed by atoms with Gasteiger partial charge in [-0.05, 0) is 43.5 Å². The van der Waals surface area contributed by atoms with Crippen molar-refractivity contribution >= 4 is 31.9 Å². The lowest BCUT2D eigenvalue weighted by Gasteiger charge is -2.33. The van der Waals surface area contributed by atoms with Crippen molar-refractivity contribution in [3.8, 4) is 0 Å². The summed E-state index contributed by atoms with van der Waals surface area (Å²) >= 11 is 3.31. The lowest BCUT2D eigenvalue weighted by Crippen LogP contribution is -2.51. The summed E-state index contributed by atoms with van der Waals surface area (Å²) in [5, 5.41) is 2.90. The van der Waals surface area contributed by atoms with Crippen LogP contribution in [-0.2, 0) is 14.8 Å². The first-order valence-corrected chi connectivity index (χ1v) is 10.7. The minimum Gasteiger partial charge on any atom is -0.355 e. The predicted octanol–water partition coefficient (Wildman–Crippen LogP) is 3.30. The molecule has 0 spiro atoms. The number of amides is 1. The number of unbranched alkanes of at least 4 members (excludes halogenated alkanes) is 2. The lowest BCUT2D eigenvalue weighted by molar-refractivity contribution is -0.125. The van der Waals surface area contributed by atoms with Gasteiger partial charge in [-0.15, -0.1) is 0 Å². The van der Waals surface area contributed by atoms with Crippen molar-refractivity contribution < 1.29 is 13.2 Å². The summed E-state index contributed by atoms with van der Waals surface area (Å²) in [6.07, 6.45) is 5.31. The topological polar surface area (TPSA) is 66.5 Å². The van der Waals surface area contributed by atoms with E-state index in [9.17, 15) is 13.2 Å². The first kappa shape index (κ1) is 19.4. The average Bonchev–Trinajstić information content (AvgIpc) is 2.59. The van der Waals surface area contributed by atoms with Gasteiger partial charge in [-0.3, -0.25) is 4.79 Å². The van der Waals surface area contributed by atoms with Crippen LogP contribution in [0.1, 0.15) is 45.4 Å². The smallest absolute Gasteiger partial charge is 0.243 e. The van der Waals surface area contributed by atoms with Gasteiger partial charge in [0.15, 0.2) is 0 Å². The second-order valence-electron chi connectivity index (χ2n) is 6.08. The number of halogens is 1. The average molecular weight is 417 g/mol. The Labute approximate surface area is 153 Å². The van der Waals surface area contributed by atoms with E-state index >= 15 is 0 Å². The van der Waals surface area contributed by atoms with E-state index in [1.54, 1.807) is 24.3 Å². The highest BCUT2D eigenvalue weighted by Gasteiger charge is 2.37. The zero-order chi connectivity index (χ0) is 17.6. The van der Waals surface area contributed by atoms with E-state index in [1.165, 1.54) is 4.31 Å². The van der Waals surface area contributed by atoms with E-state index in [1.807, 2.05) is 0 Å². The van der Waals surface area contributed by atoms with E-state index in [-0.39, 0.29) is 10.8 Å². The Morgan fingerprint density at radius 1 is 1.25 bits per heavy atom. The maximum Gasteiger partial charge on any atom is 0.243 e. The van der Waals surface area contributed by atoms with Crippen molar-refractivity contribution in [1.29, 1.82) is 0 Å². The summed E-state index contributed by atoms with van der Waals surface area (Å²) in [4.78, 5) is 12.7. The number of nitrogens with one attached hydrogen (secondary N) is 1. The molecule has 1 amide bonds. The number of carbonyl (C=O) groups is 1. The van der Waals surface area contributed by atoms with Crippen molar-refractivity contribution in [2.75, 3.05) is 13.1 Å². The fourth-order valence-corrected chi connectivity index (χ4v) is 4.82. The maximum absolute atomic E-state index is 12.9. The summed E-state index contributed by atoms with van der Waals surface area (Å²) in [6, 6.07) is 5.95. The summed E-state index contributed by atoms with van der Waals surface area (Å²) in [5.41, 5.74) is 0. The molecule has 1 aromatic carbocycles. The molecule has 1 N–H and O–H groups in total. The Morgan fingerprint density at radius 2 is 1.96 bits per heavy atom. The van der Waals surface area contributed by atoms with Gasteiger partial charge in [0, 0.05) is 17.6 Å². The van der Waals surface area contributed by atoms with Gasteiger partial charge in [0.05, 0.1) is 4.90 Å². The third-order valence-electron chi connectivity index (χ3n) is 4.26. The summed E-state index contributed by atoms with van der Waals surface area (Å²) in [7, 11) is -3.66. The molecule has 0 aliphatic carbocycles. The largest absolute Gasteiger partial charge is 0.355 e. The molecule has 1 aliphatic heterocycles. The van der Waals surface area contributed by atoms with Crippen molar-refractivity contribution in [3.05, 3.63) is 28.7 Å². The number of piperidine rings is 1. The van der Waals surface area contributed by atoms with Crippen molar-refractivity contribution in [1.82, 2.24) is 9.62 Å². The Balaban J connectivity index is 2.13. The van der Waals surface area contributed by atoms with Gasteiger partial charge in [-0.2, -0.15) is 4.31 Å². The third kappa shape index (κ3) is 4.80. The van der Waals surface area contributed by atoms with Crippen molar-refractivity contribution in [2.45, 2.75) is 56.4 Å². The second kappa shape index (κ2) is 8.97. The molecule has 134 valence electrons. The van der Waals surface area contributed by atoms with Crippen molar-refractivity contribution in [3.63, 3.8) is 0 Å².